The van der Waals surface area contributed by atoms with Crippen molar-refractivity contribution in [1.82, 2.24) is 10.2 Å². The highest BCUT2D eigenvalue weighted by Gasteiger charge is 2.35. The average molecular weight is 650 g/mol. The third-order valence-corrected chi connectivity index (χ3v) is 9.54. The summed E-state index contributed by atoms with van der Waals surface area (Å²) in [6.45, 7) is 5.10. The number of rotatable bonds is 13. The Morgan fingerprint density at radius 1 is 0.889 bits per heavy atom. The van der Waals surface area contributed by atoms with Crippen LogP contribution in [0.1, 0.15) is 37.0 Å². The molecule has 1 N–H and O–H groups in total. The Morgan fingerprint density at radius 3 is 2.16 bits per heavy atom. The van der Waals surface area contributed by atoms with Crippen LogP contribution in [-0.4, -0.2) is 43.8 Å². The highest BCUT2D eigenvalue weighted by Crippen LogP contribution is 2.26. The van der Waals surface area contributed by atoms with E-state index in [-0.39, 0.29) is 35.5 Å². The van der Waals surface area contributed by atoms with Gasteiger partial charge in [0.05, 0.1) is 10.6 Å². The molecule has 0 radical (unpaired) electrons. The molecule has 0 bridgehead atoms. The fraction of sp³-hybridized carbons (Fsp3) is 0.257. The number of nitrogens with one attached hydrogen (secondary N) is 1. The first-order valence-electron chi connectivity index (χ1n) is 14.7. The van der Waals surface area contributed by atoms with E-state index in [1.807, 2.05) is 51.1 Å². The van der Waals surface area contributed by atoms with E-state index in [9.17, 15) is 22.4 Å². The highest BCUT2D eigenvalue weighted by molar-refractivity contribution is 7.92. The summed E-state index contributed by atoms with van der Waals surface area (Å²) >= 11 is 6.29. The third-order valence-electron chi connectivity index (χ3n) is 7.52. The highest BCUT2D eigenvalue weighted by atomic mass is 35.5. The van der Waals surface area contributed by atoms with Crippen molar-refractivity contribution in [2.45, 2.75) is 57.1 Å². The van der Waals surface area contributed by atoms with Crippen molar-refractivity contribution in [2.24, 2.45) is 0 Å². The van der Waals surface area contributed by atoms with E-state index >= 15 is 0 Å². The SMILES string of the molecule is CC[C@@H](C)NC(=O)[C@H](Cc1ccccc1)N(Cc1cccc(Cl)c1)C(=O)CN(c1ccc(C)cc1)S(=O)(=O)c1ccc(F)cc1. The molecule has 10 heteroatoms. The minimum absolute atomic E-state index is 0.00313. The molecule has 7 nitrogen and oxygen atoms in total. The Hall–Kier alpha value is -4.21. The first-order chi connectivity index (χ1) is 21.5. The van der Waals surface area contributed by atoms with E-state index in [1.54, 1.807) is 48.5 Å². The molecule has 4 aromatic carbocycles. The first kappa shape index (κ1) is 33.7. The van der Waals surface area contributed by atoms with E-state index in [2.05, 4.69) is 5.32 Å². The molecule has 0 saturated carbocycles. The van der Waals surface area contributed by atoms with Crippen molar-refractivity contribution in [2.75, 3.05) is 10.8 Å². The number of hydrogen-bond acceptors (Lipinski definition) is 4. The van der Waals surface area contributed by atoms with Crippen molar-refractivity contribution in [3.8, 4) is 0 Å². The molecular weight excluding hydrogens is 613 g/mol. The maximum atomic E-state index is 14.5. The Bertz CT molecular complexity index is 1700. The summed E-state index contributed by atoms with van der Waals surface area (Å²) in [5.41, 5.74) is 2.66. The lowest BCUT2D eigenvalue weighted by molar-refractivity contribution is -0.140. The lowest BCUT2D eigenvalue weighted by Gasteiger charge is -2.34. The maximum Gasteiger partial charge on any atom is 0.264 e. The number of carbonyl (C=O) groups excluding carboxylic acids is 2. The molecule has 4 aromatic rings. The Balaban J connectivity index is 1.80. The van der Waals surface area contributed by atoms with Gasteiger partial charge in [0.1, 0.15) is 18.4 Å². The summed E-state index contributed by atoms with van der Waals surface area (Å²) in [5, 5.41) is 3.47. The molecular formula is C35H37ClFN3O4S. The van der Waals surface area contributed by atoms with Crippen LogP contribution in [0.5, 0.6) is 0 Å². The fourth-order valence-electron chi connectivity index (χ4n) is 4.80. The van der Waals surface area contributed by atoms with Gasteiger partial charge < -0.3 is 10.2 Å². The monoisotopic (exact) mass is 649 g/mol. The molecule has 0 heterocycles. The molecule has 236 valence electrons. The zero-order chi connectivity index (χ0) is 32.6. The molecule has 0 saturated heterocycles. The van der Waals surface area contributed by atoms with Gasteiger partial charge in [-0.1, -0.05) is 78.7 Å². The van der Waals surface area contributed by atoms with E-state index < -0.39 is 34.3 Å². The van der Waals surface area contributed by atoms with Gasteiger partial charge >= 0.3 is 0 Å². The van der Waals surface area contributed by atoms with Crippen LogP contribution >= 0.6 is 11.6 Å². The van der Waals surface area contributed by atoms with Crippen LogP contribution in [0.2, 0.25) is 5.02 Å². The molecule has 0 spiro atoms. The standard InChI is InChI=1S/C35H37ClFN3O4S/c1-4-26(3)38-35(42)33(22-27-9-6-5-7-10-27)39(23-28-11-8-12-29(36)21-28)34(41)24-40(31-17-13-25(2)14-18-31)45(43,44)32-19-15-30(37)16-20-32/h5-21,26,33H,4,22-24H2,1-3H3,(H,38,42)/t26-,33+/m1/s1. The van der Waals surface area contributed by atoms with Gasteiger partial charge in [0.2, 0.25) is 11.8 Å². The zero-order valence-electron chi connectivity index (χ0n) is 25.5. The lowest BCUT2D eigenvalue weighted by Crippen LogP contribution is -2.54. The van der Waals surface area contributed by atoms with Gasteiger partial charge in [-0.25, -0.2) is 12.8 Å². The topological polar surface area (TPSA) is 86.8 Å². The molecule has 0 aliphatic rings. The van der Waals surface area contributed by atoms with Gasteiger partial charge in [-0.15, -0.1) is 0 Å². The lowest BCUT2D eigenvalue weighted by atomic mass is 10.0. The van der Waals surface area contributed by atoms with Gasteiger partial charge in [-0.3, -0.25) is 13.9 Å². The second-order valence-electron chi connectivity index (χ2n) is 11.0. The molecule has 4 rings (SSSR count). The zero-order valence-corrected chi connectivity index (χ0v) is 27.1. The van der Waals surface area contributed by atoms with Crippen molar-refractivity contribution in [1.29, 1.82) is 0 Å². The number of carbonyl (C=O) groups is 2. The molecule has 0 aliphatic heterocycles. The smallest absolute Gasteiger partial charge is 0.264 e. The van der Waals surface area contributed by atoms with Crippen molar-refractivity contribution in [3.63, 3.8) is 0 Å². The Morgan fingerprint density at radius 2 is 1.53 bits per heavy atom. The molecule has 0 aromatic heterocycles. The van der Waals surface area contributed by atoms with E-state index in [1.165, 1.54) is 4.90 Å². The Kier molecular flexibility index (Phi) is 11.4. The van der Waals surface area contributed by atoms with Crippen LogP contribution in [-0.2, 0) is 32.6 Å². The number of anilines is 1. The number of amides is 2. The van der Waals surface area contributed by atoms with Crippen LogP contribution in [0.25, 0.3) is 0 Å². The number of hydrogen-bond donors (Lipinski definition) is 1. The normalized spacial score (nSPS) is 12.6. The summed E-state index contributed by atoms with van der Waals surface area (Å²) in [6.07, 6.45) is 0.883. The largest absolute Gasteiger partial charge is 0.352 e. The van der Waals surface area contributed by atoms with Gasteiger partial charge in [0.25, 0.3) is 10.0 Å². The summed E-state index contributed by atoms with van der Waals surface area (Å²) in [7, 11) is -4.32. The molecule has 0 fully saturated rings. The minimum atomic E-state index is -4.32. The van der Waals surface area contributed by atoms with Gasteiger partial charge in [-0.2, -0.15) is 0 Å². The van der Waals surface area contributed by atoms with Crippen molar-refractivity contribution < 1.29 is 22.4 Å². The number of sulfonamides is 1. The number of halogens is 2. The van der Waals surface area contributed by atoms with E-state index in [0.717, 1.165) is 39.7 Å². The van der Waals surface area contributed by atoms with Crippen molar-refractivity contribution >= 4 is 39.1 Å². The Labute approximate surface area is 269 Å². The molecule has 45 heavy (non-hydrogen) atoms. The minimum Gasteiger partial charge on any atom is -0.352 e. The van der Waals surface area contributed by atoms with Crippen molar-refractivity contribution in [3.05, 3.63) is 131 Å². The number of aryl methyl sites for hydroxylation is 1. The predicted molar refractivity (Wildman–Crippen MR) is 176 cm³/mol. The third kappa shape index (κ3) is 8.93. The summed E-state index contributed by atoms with van der Waals surface area (Å²) in [6, 6.07) is 26.3. The van der Waals surface area contributed by atoms with Gasteiger partial charge in [0, 0.05) is 24.0 Å². The van der Waals surface area contributed by atoms with Crippen LogP contribution in [0.3, 0.4) is 0 Å². The molecule has 2 amide bonds. The summed E-state index contributed by atoms with van der Waals surface area (Å²) in [5.74, 6) is -1.54. The van der Waals surface area contributed by atoms with Crippen LogP contribution in [0.15, 0.2) is 108 Å². The van der Waals surface area contributed by atoms with Crippen LogP contribution in [0.4, 0.5) is 10.1 Å². The van der Waals surface area contributed by atoms with Crippen LogP contribution in [0, 0.1) is 12.7 Å². The second-order valence-corrected chi connectivity index (χ2v) is 13.3. The quantitative estimate of drug-likeness (QED) is 0.178. The molecule has 0 unspecified atom stereocenters. The predicted octanol–water partition coefficient (Wildman–Crippen LogP) is 6.54. The second kappa shape index (κ2) is 15.2. The molecule has 0 aliphatic carbocycles. The first-order valence-corrected chi connectivity index (χ1v) is 16.5. The molecule has 2 atom stereocenters. The fourth-order valence-corrected chi connectivity index (χ4v) is 6.43. The summed E-state index contributed by atoms with van der Waals surface area (Å²) < 4.78 is 42.7. The van der Waals surface area contributed by atoms with Crippen LogP contribution < -0.4 is 9.62 Å². The van der Waals surface area contributed by atoms with Gasteiger partial charge in [-0.05, 0) is 79.9 Å². The van der Waals surface area contributed by atoms with E-state index in [0.29, 0.717) is 17.0 Å². The number of nitrogens with zero attached hydrogens (tertiary/aromatic N) is 2. The average Bonchev–Trinajstić information content (AvgIpc) is 3.02. The summed E-state index contributed by atoms with van der Waals surface area (Å²) in [4.78, 5) is 29.6. The van der Waals surface area contributed by atoms with Gasteiger partial charge in [0.15, 0.2) is 0 Å². The number of benzene rings is 4. The van der Waals surface area contributed by atoms with E-state index in [4.69, 9.17) is 11.6 Å². The maximum absolute atomic E-state index is 14.5.